The van der Waals surface area contributed by atoms with Crippen LogP contribution < -0.4 is 5.73 Å². The molecule has 0 spiro atoms. The molecule has 4 bridgehead atoms. The highest BCUT2D eigenvalue weighted by Gasteiger charge is 2.61. The average molecular weight is 234 g/mol. The molecule has 0 radical (unpaired) electrons. The topological polar surface area (TPSA) is 47.6 Å². The first kappa shape index (κ1) is 10.2. The van der Waals surface area contributed by atoms with Gasteiger partial charge in [0.1, 0.15) is 5.60 Å². The summed E-state index contributed by atoms with van der Waals surface area (Å²) in [6, 6.07) is 0.420. The van der Waals surface area contributed by atoms with Crippen LogP contribution in [0.25, 0.3) is 0 Å². The van der Waals surface area contributed by atoms with E-state index in [1.807, 2.05) is 0 Å². The smallest absolute Gasteiger partial charge is 0.282 e. The van der Waals surface area contributed by atoms with Crippen molar-refractivity contribution in [3.63, 3.8) is 0 Å². The molecule has 1 aliphatic heterocycles. The summed E-state index contributed by atoms with van der Waals surface area (Å²) in [4.78, 5) is 4.32. The molecule has 1 heterocycles. The van der Waals surface area contributed by atoms with Gasteiger partial charge >= 0.3 is 0 Å². The van der Waals surface area contributed by atoms with E-state index in [1.54, 1.807) is 0 Å². The summed E-state index contributed by atoms with van der Waals surface area (Å²) in [5.41, 5.74) is 6.03. The zero-order valence-corrected chi connectivity index (χ0v) is 10.6. The van der Waals surface area contributed by atoms with Crippen LogP contribution in [0.4, 0.5) is 0 Å². The summed E-state index contributed by atoms with van der Waals surface area (Å²) in [5, 5.41) is 0. The first-order valence-corrected chi connectivity index (χ1v) is 7.08. The Kier molecular flexibility index (Phi) is 1.79. The van der Waals surface area contributed by atoms with E-state index in [4.69, 9.17) is 10.5 Å². The van der Waals surface area contributed by atoms with Gasteiger partial charge in [0.25, 0.3) is 6.02 Å². The standard InChI is InChI=1S/C14H22N2O/c1-13(8-16-12(15)17-13)14-5-9-2-10(6-14)4-11(3-9)7-14/h9-11H,2-8H2,1H3,(H2,15,16). The highest BCUT2D eigenvalue weighted by molar-refractivity contribution is 5.73. The van der Waals surface area contributed by atoms with E-state index >= 15 is 0 Å². The third-order valence-corrected chi connectivity index (χ3v) is 6.03. The summed E-state index contributed by atoms with van der Waals surface area (Å²) in [7, 11) is 0. The third kappa shape index (κ3) is 1.26. The minimum atomic E-state index is -0.104. The minimum Gasteiger partial charge on any atom is -0.457 e. The molecule has 5 aliphatic rings. The number of hydrogen-bond acceptors (Lipinski definition) is 3. The summed E-state index contributed by atoms with van der Waals surface area (Å²) in [5.74, 6) is 2.88. The van der Waals surface area contributed by atoms with Gasteiger partial charge in [-0.2, -0.15) is 0 Å². The first-order valence-electron chi connectivity index (χ1n) is 7.08. The van der Waals surface area contributed by atoms with Gasteiger partial charge in [0.2, 0.25) is 0 Å². The molecule has 0 aromatic rings. The molecule has 1 atom stereocenters. The molecular weight excluding hydrogens is 212 g/mol. The highest BCUT2D eigenvalue weighted by atomic mass is 16.5. The lowest BCUT2D eigenvalue weighted by Gasteiger charge is -2.61. The van der Waals surface area contributed by atoms with Crippen LogP contribution >= 0.6 is 0 Å². The van der Waals surface area contributed by atoms with Gasteiger partial charge in [-0.3, -0.25) is 0 Å². The number of nitrogens with two attached hydrogens (primary N) is 1. The lowest BCUT2D eigenvalue weighted by molar-refractivity contribution is -0.152. The van der Waals surface area contributed by atoms with Gasteiger partial charge in [0.15, 0.2) is 0 Å². The van der Waals surface area contributed by atoms with Crippen molar-refractivity contribution < 1.29 is 4.74 Å². The van der Waals surface area contributed by atoms with E-state index in [0.717, 1.165) is 24.3 Å². The van der Waals surface area contributed by atoms with Crippen molar-refractivity contribution in [2.45, 2.75) is 51.0 Å². The number of rotatable bonds is 1. The van der Waals surface area contributed by atoms with Gasteiger partial charge in [-0.05, 0) is 63.2 Å². The molecule has 5 rings (SSSR count). The van der Waals surface area contributed by atoms with E-state index in [0.29, 0.717) is 11.4 Å². The van der Waals surface area contributed by atoms with Crippen LogP contribution in [0, 0.1) is 23.2 Å². The Morgan fingerprint density at radius 1 is 1.12 bits per heavy atom. The molecule has 3 heteroatoms. The Bertz CT molecular complexity index is 354. The fourth-order valence-corrected chi connectivity index (χ4v) is 5.56. The molecule has 94 valence electrons. The molecule has 4 aliphatic carbocycles. The Morgan fingerprint density at radius 3 is 2.06 bits per heavy atom. The van der Waals surface area contributed by atoms with E-state index in [2.05, 4.69) is 11.9 Å². The van der Waals surface area contributed by atoms with E-state index in [-0.39, 0.29) is 5.60 Å². The number of ether oxygens (including phenoxy) is 1. The molecule has 0 amide bonds. The van der Waals surface area contributed by atoms with E-state index in [1.165, 1.54) is 38.5 Å². The van der Waals surface area contributed by atoms with Crippen molar-refractivity contribution in [3.8, 4) is 0 Å². The van der Waals surface area contributed by atoms with Crippen molar-refractivity contribution in [2.24, 2.45) is 33.9 Å². The second kappa shape index (κ2) is 2.99. The number of amidine groups is 1. The molecule has 4 fully saturated rings. The predicted molar refractivity (Wildman–Crippen MR) is 66.6 cm³/mol. The average Bonchev–Trinajstić information content (AvgIpc) is 2.58. The van der Waals surface area contributed by atoms with Crippen LogP contribution in [-0.4, -0.2) is 18.2 Å². The van der Waals surface area contributed by atoms with Crippen molar-refractivity contribution in [2.75, 3.05) is 6.54 Å². The number of hydrogen-bond donors (Lipinski definition) is 1. The van der Waals surface area contributed by atoms with Gasteiger partial charge < -0.3 is 10.5 Å². The van der Waals surface area contributed by atoms with E-state index in [9.17, 15) is 0 Å². The minimum absolute atomic E-state index is 0.104. The van der Waals surface area contributed by atoms with Crippen molar-refractivity contribution >= 4 is 6.02 Å². The molecule has 17 heavy (non-hydrogen) atoms. The molecule has 1 unspecified atom stereocenters. The number of aliphatic imine (C=N–C) groups is 1. The first-order chi connectivity index (χ1) is 8.09. The fraction of sp³-hybridized carbons (Fsp3) is 0.929. The predicted octanol–water partition coefficient (Wildman–Crippen LogP) is 2.31. The Labute approximate surface area is 103 Å². The van der Waals surface area contributed by atoms with E-state index < -0.39 is 0 Å². The van der Waals surface area contributed by atoms with Gasteiger partial charge in [-0.1, -0.05) is 0 Å². The maximum Gasteiger partial charge on any atom is 0.282 e. The van der Waals surface area contributed by atoms with Crippen LogP contribution in [-0.2, 0) is 4.74 Å². The van der Waals surface area contributed by atoms with Crippen molar-refractivity contribution in [3.05, 3.63) is 0 Å². The summed E-state index contributed by atoms with van der Waals surface area (Å²) >= 11 is 0. The van der Waals surface area contributed by atoms with Crippen LogP contribution in [0.5, 0.6) is 0 Å². The second-order valence-electron chi connectivity index (χ2n) is 7.19. The lowest BCUT2D eigenvalue weighted by atomic mass is 9.45. The fourth-order valence-electron chi connectivity index (χ4n) is 5.56. The zero-order chi connectivity index (χ0) is 11.7. The summed E-state index contributed by atoms with van der Waals surface area (Å²) in [6.07, 6.45) is 8.51. The monoisotopic (exact) mass is 234 g/mol. The maximum atomic E-state index is 5.96. The Hall–Kier alpha value is -0.730. The van der Waals surface area contributed by atoms with Gasteiger partial charge in [-0.15, -0.1) is 0 Å². The largest absolute Gasteiger partial charge is 0.457 e. The molecule has 0 aromatic heterocycles. The van der Waals surface area contributed by atoms with Crippen LogP contribution in [0.1, 0.15) is 45.4 Å². The zero-order valence-electron chi connectivity index (χ0n) is 10.6. The van der Waals surface area contributed by atoms with Crippen LogP contribution in [0.15, 0.2) is 4.99 Å². The second-order valence-corrected chi connectivity index (χ2v) is 7.19. The molecule has 2 N–H and O–H groups in total. The molecule has 0 saturated heterocycles. The Balaban J connectivity index is 1.69. The van der Waals surface area contributed by atoms with Crippen molar-refractivity contribution in [1.29, 1.82) is 0 Å². The molecular formula is C14H22N2O. The SMILES string of the molecule is CC1(C23CC4CC(CC(C4)C2)C3)CN=C(N)O1. The van der Waals surface area contributed by atoms with Crippen LogP contribution in [0.2, 0.25) is 0 Å². The van der Waals surface area contributed by atoms with Gasteiger partial charge in [-0.25, -0.2) is 4.99 Å². The van der Waals surface area contributed by atoms with Crippen LogP contribution in [0.3, 0.4) is 0 Å². The third-order valence-electron chi connectivity index (χ3n) is 6.03. The molecule has 4 saturated carbocycles. The van der Waals surface area contributed by atoms with Gasteiger partial charge in [0, 0.05) is 5.41 Å². The highest BCUT2D eigenvalue weighted by Crippen LogP contribution is 2.64. The van der Waals surface area contributed by atoms with Gasteiger partial charge in [0.05, 0.1) is 6.54 Å². The van der Waals surface area contributed by atoms with Crippen molar-refractivity contribution in [1.82, 2.24) is 0 Å². The lowest BCUT2D eigenvalue weighted by Crippen LogP contribution is -2.58. The normalized spacial score (nSPS) is 55.8. The Morgan fingerprint density at radius 2 is 1.65 bits per heavy atom. The quantitative estimate of drug-likeness (QED) is 0.756. The summed E-state index contributed by atoms with van der Waals surface area (Å²) in [6.45, 7) is 3.04. The molecule has 3 nitrogen and oxygen atoms in total. The summed E-state index contributed by atoms with van der Waals surface area (Å²) < 4.78 is 5.96. The maximum absolute atomic E-state index is 5.96. The molecule has 0 aromatic carbocycles. The number of nitrogens with zero attached hydrogens (tertiary/aromatic N) is 1.